The molecule has 0 fully saturated rings. The molecule has 0 unspecified atom stereocenters. The van der Waals surface area contributed by atoms with E-state index in [1.807, 2.05) is 4.68 Å². The fraction of sp³-hybridized carbons (Fsp3) is 0.846. The maximum Gasteiger partial charge on any atom is 0.101 e. The van der Waals surface area contributed by atoms with Gasteiger partial charge in [0.25, 0.3) is 0 Å². The van der Waals surface area contributed by atoms with E-state index in [-0.39, 0.29) is 0 Å². The molecule has 0 aromatic carbocycles. The van der Waals surface area contributed by atoms with Gasteiger partial charge in [0.2, 0.25) is 0 Å². The molecule has 1 aromatic heterocycles. The fourth-order valence-electron chi connectivity index (χ4n) is 1.86. The largest absolute Gasteiger partial charge is 0.385 e. The lowest BCUT2D eigenvalue weighted by Crippen LogP contribution is -2.08. The van der Waals surface area contributed by atoms with Gasteiger partial charge in [-0.2, -0.15) is 0 Å². The van der Waals surface area contributed by atoms with Crippen molar-refractivity contribution in [2.24, 2.45) is 5.92 Å². The highest BCUT2D eigenvalue weighted by molar-refractivity contribution is 6.16. The third-order valence-electron chi connectivity index (χ3n) is 2.97. The summed E-state index contributed by atoms with van der Waals surface area (Å²) in [7, 11) is 1.73. The van der Waals surface area contributed by atoms with Crippen LogP contribution in [0.5, 0.6) is 0 Å². The van der Waals surface area contributed by atoms with Gasteiger partial charge in [0.05, 0.1) is 11.6 Å². The van der Waals surface area contributed by atoms with Crippen LogP contribution in [0.3, 0.4) is 0 Å². The van der Waals surface area contributed by atoms with Crippen LogP contribution in [0.2, 0.25) is 0 Å². The number of rotatable bonds is 9. The van der Waals surface area contributed by atoms with Crippen LogP contribution in [0.4, 0.5) is 0 Å². The first-order valence-electron chi connectivity index (χ1n) is 6.65. The Bertz CT molecular complexity index is 339. The average molecular weight is 274 g/mol. The molecule has 0 aliphatic rings. The zero-order valence-electron chi connectivity index (χ0n) is 11.7. The molecular formula is C13H24ClN3O. The van der Waals surface area contributed by atoms with E-state index < -0.39 is 0 Å². The van der Waals surface area contributed by atoms with Crippen LogP contribution in [0.15, 0.2) is 0 Å². The topological polar surface area (TPSA) is 39.9 Å². The van der Waals surface area contributed by atoms with Gasteiger partial charge in [-0.15, -0.1) is 16.7 Å². The number of ether oxygens (including phenoxy) is 1. The lowest BCUT2D eigenvalue weighted by molar-refractivity contribution is 0.190. The minimum atomic E-state index is 0.450. The highest BCUT2D eigenvalue weighted by atomic mass is 35.5. The third-order valence-corrected chi connectivity index (χ3v) is 3.22. The lowest BCUT2D eigenvalue weighted by Gasteiger charge is -2.09. The van der Waals surface area contributed by atoms with Crippen molar-refractivity contribution >= 4 is 11.6 Å². The quantitative estimate of drug-likeness (QED) is 0.513. The number of alkyl halides is 1. The molecule has 0 radical (unpaired) electrons. The number of hydrogen-bond donors (Lipinski definition) is 0. The standard InChI is InChI=1S/C13H24ClN3O/c1-11(2)6-7-13-12(10-14)15-16-17(13)8-4-5-9-18-3/h11H,4-10H2,1-3H3. The van der Waals surface area contributed by atoms with E-state index in [0.29, 0.717) is 11.8 Å². The van der Waals surface area contributed by atoms with Crippen LogP contribution in [0, 0.1) is 5.92 Å². The molecule has 104 valence electrons. The zero-order valence-corrected chi connectivity index (χ0v) is 12.4. The van der Waals surface area contributed by atoms with Gasteiger partial charge >= 0.3 is 0 Å². The van der Waals surface area contributed by atoms with Gasteiger partial charge in [-0.3, -0.25) is 0 Å². The second kappa shape index (κ2) is 8.48. The minimum absolute atomic E-state index is 0.450. The Labute approximate surface area is 115 Å². The van der Waals surface area contributed by atoms with Gasteiger partial charge in [-0.05, 0) is 31.6 Å². The molecule has 0 N–H and O–H groups in total. The fourth-order valence-corrected chi connectivity index (χ4v) is 2.07. The van der Waals surface area contributed by atoms with Crippen molar-refractivity contribution in [2.45, 2.75) is 52.0 Å². The van der Waals surface area contributed by atoms with Crippen molar-refractivity contribution in [1.82, 2.24) is 15.0 Å². The Hall–Kier alpha value is -0.610. The molecule has 0 atom stereocenters. The number of nitrogens with zero attached hydrogens (tertiary/aromatic N) is 3. The maximum atomic E-state index is 5.91. The molecule has 0 bridgehead atoms. The summed E-state index contributed by atoms with van der Waals surface area (Å²) in [5.41, 5.74) is 2.14. The summed E-state index contributed by atoms with van der Waals surface area (Å²) < 4.78 is 7.06. The zero-order chi connectivity index (χ0) is 13.4. The summed E-state index contributed by atoms with van der Waals surface area (Å²) in [6.07, 6.45) is 4.27. The van der Waals surface area contributed by atoms with Crippen molar-refractivity contribution in [3.8, 4) is 0 Å². The van der Waals surface area contributed by atoms with E-state index in [4.69, 9.17) is 16.3 Å². The van der Waals surface area contributed by atoms with E-state index in [1.54, 1.807) is 7.11 Å². The molecule has 0 saturated carbocycles. The second-order valence-electron chi connectivity index (χ2n) is 4.97. The summed E-state index contributed by atoms with van der Waals surface area (Å²) in [5.74, 6) is 1.14. The molecule has 0 aliphatic carbocycles. The first-order valence-corrected chi connectivity index (χ1v) is 7.18. The Morgan fingerprint density at radius 1 is 1.33 bits per heavy atom. The van der Waals surface area contributed by atoms with Gasteiger partial charge in [0.15, 0.2) is 0 Å². The summed E-state index contributed by atoms with van der Waals surface area (Å²) in [4.78, 5) is 0. The maximum absolute atomic E-state index is 5.91. The molecule has 18 heavy (non-hydrogen) atoms. The van der Waals surface area contributed by atoms with Crippen LogP contribution >= 0.6 is 11.6 Å². The Morgan fingerprint density at radius 2 is 2.11 bits per heavy atom. The van der Waals surface area contributed by atoms with E-state index in [9.17, 15) is 0 Å². The highest BCUT2D eigenvalue weighted by Crippen LogP contribution is 2.14. The molecular weight excluding hydrogens is 250 g/mol. The lowest BCUT2D eigenvalue weighted by atomic mass is 10.1. The molecule has 4 nitrogen and oxygen atoms in total. The van der Waals surface area contributed by atoms with Crippen LogP contribution in [-0.2, 0) is 23.6 Å². The molecule has 0 spiro atoms. The normalized spacial score (nSPS) is 11.4. The van der Waals surface area contributed by atoms with Crippen molar-refractivity contribution in [2.75, 3.05) is 13.7 Å². The number of aromatic nitrogens is 3. The molecule has 0 amide bonds. The SMILES string of the molecule is COCCCCn1nnc(CCl)c1CCC(C)C. The number of halogens is 1. The van der Waals surface area contributed by atoms with Gasteiger partial charge < -0.3 is 4.74 Å². The van der Waals surface area contributed by atoms with Gasteiger partial charge in [0.1, 0.15) is 5.69 Å². The Kier molecular flexibility index (Phi) is 7.28. The van der Waals surface area contributed by atoms with E-state index in [1.165, 1.54) is 5.69 Å². The third kappa shape index (κ3) is 4.94. The summed E-state index contributed by atoms with van der Waals surface area (Å²) in [6.45, 7) is 6.17. The van der Waals surface area contributed by atoms with Crippen LogP contribution in [0.25, 0.3) is 0 Å². The average Bonchev–Trinajstić information content (AvgIpc) is 2.74. The van der Waals surface area contributed by atoms with Crippen molar-refractivity contribution in [3.05, 3.63) is 11.4 Å². The summed E-state index contributed by atoms with van der Waals surface area (Å²) in [6, 6.07) is 0. The molecule has 1 aromatic rings. The van der Waals surface area contributed by atoms with Crippen molar-refractivity contribution in [3.63, 3.8) is 0 Å². The monoisotopic (exact) mass is 273 g/mol. The number of unbranched alkanes of at least 4 members (excludes halogenated alkanes) is 1. The molecule has 0 aliphatic heterocycles. The number of hydrogen-bond acceptors (Lipinski definition) is 3. The van der Waals surface area contributed by atoms with E-state index in [2.05, 4.69) is 24.2 Å². The molecule has 5 heteroatoms. The molecule has 1 rings (SSSR count). The van der Waals surface area contributed by atoms with Crippen molar-refractivity contribution in [1.29, 1.82) is 0 Å². The van der Waals surface area contributed by atoms with Crippen LogP contribution in [-0.4, -0.2) is 28.7 Å². The van der Waals surface area contributed by atoms with E-state index in [0.717, 1.165) is 44.5 Å². The number of aryl methyl sites for hydroxylation is 1. The smallest absolute Gasteiger partial charge is 0.101 e. The number of methoxy groups -OCH3 is 1. The Morgan fingerprint density at radius 3 is 2.72 bits per heavy atom. The first-order chi connectivity index (χ1) is 8.69. The van der Waals surface area contributed by atoms with E-state index >= 15 is 0 Å². The second-order valence-corrected chi connectivity index (χ2v) is 5.24. The van der Waals surface area contributed by atoms with Gasteiger partial charge in [-0.1, -0.05) is 19.1 Å². The van der Waals surface area contributed by atoms with Gasteiger partial charge in [-0.25, -0.2) is 4.68 Å². The van der Waals surface area contributed by atoms with Crippen molar-refractivity contribution < 1.29 is 4.74 Å². The Balaban J connectivity index is 2.56. The minimum Gasteiger partial charge on any atom is -0.385 e. The van der Waals surface area contributed by atoms with Gasteiger partial charge in [0, 0.05) is 20.3 Å². The predicted molar refractivity (Wildman–Crippen MR) is 73.8 cm³/mol. The molecule has 0 saturated heterocycles. The highest BCUT2D eigenvalue weighted by Gasteiger charge is 2.12. The summed E-state index contributed by atoms with van der Waals surface area (Å²) in [5, 5.41) is 8.37. The van der Waals surface area contributed by atoms with Crippen LogP contribution < -0.4 is 0 Å². The molecule has 1 heterocycles. The van der Waals surface area contributed by atoms with Crippen LogP contribution in [0.1, 0.15) is 44.5 Å². The first kappa shape index (κ1) is 15.4. The summed E-state index contributed by atoms with van der Waals surface area (Å²) >= 11 is 5.91. The predicted octanol–water partition coefficient (Wildman–Crippen LogP) is 3.03.